The Hall–Kier alpha value is -2.20. The third-order valence-electron chi connectivity index (χ3n) is 4.64. The zero-order valence-electron chi connectivity index (χ0n) is 16.3. The van der Waals surface area contributed by atoms with Crippen LogP contribution in [0.1, 0.15) is 30.4 Å². The molecule has 7 nitrogen and oxygen atoms in total. The number of nitrogens with one attached hydrogen (secondary N) is 2. The number of rotatable bonds is 7. The molecule has 1 heterocycles. The van der Waals surface area contributed by atoms with E-state index >= 15 is 0 Å². The molecule has 156 valence electrons. The molecule has 0 radical (unpaired) electrons. The molecule has 1 aliphatic heterocycles. The largest absolute Gasteiger partial charge is 0.376 e. The number of benzene rings is 2. The standard InChI is InChI=1S/C21H26N4O3.HI/c26-25(27)19-11-9-18(10-12-19)15-23-21(22-14-17-6-2-1-3-7-17)24-16-20-8-4-5-13-28-20;/h1-3,6-7,9-12,20H,4-5,8,13-16H2,(H2,22,23,24);1H. The zero-order chi connectivity index (χ0) is 19.6. The van der Waals surface area contributed by atoms with Crippen molar-refractivity contribution in [3.05, 3.63) is 75.8 Å². The van der Waals surface area contributed by atoms with Crippen molar-refractivity contribution in [2.45, 2.75) is 38.5 Å². The first kappa shape index (κ1) is 23.1. The molecule has 1 saturated heterocycles. The molecule has 2 N–H and O–H groups in total. The maximum Gasteiger partial charge on any atom is 0.269 e. The average Bonchev–Trinajstić information content (AvgIpc) is 2.75. The van der Waals surface area contributed by atoms with Gasteiger partial charge in [0.25, 0.3) is 5.69 Å². The first-order chi connectivity index (χ1) is 13.7. The maximum absolute atomic E-state index is 10.8. The Kier molecular flexibility index (Phi) is 9.85. The van der Waals surface area contributed by atoms with Crippen molar-refractivity contribution in [1.29, 1.82) is 0 Å². The summed E-state index contributed by atoms with van der Waals surface area (Å²) in [6.45, 7) is 2.63. The zero-order valence-corrected chi connectivity index (χ0v) is 18.6. The van der Waals surface area contributed by atoms with Gasteiger partial charge in [-0.3, -0.25) is 10.1 Å². The van der Waals surface area contributed by atoms with Crippen LogP contribution in [-0.2, 0) is 17.8 Å². The van der Waals surface area contributed by atoms with Crippen LogP contribution in [0.15, 0.2) is 59.6 Å². The molecule has 1 fully saturated rings. The number of halogens is 1. The molecule has 2 aromatic carbocycles. The van der Waals surface area contributed by atoms with Gasteiger partial charge in [-0.15, -0.1) is 24.0 Å². The van der Waals surface area contributed by atoms with Crippen molar-refractivity contribution < 1.29 is 9.66 Å². The predicted octanol–water partition coefficient (Wildman–Crippen LogP) is 4.02. The summed E-state index contributed by atoms with van der Waals surface area (Å²) in [5.41, 5.74) is 2.18. The van der Waals surface area contributed by atoms with Gasteiger partial charge >= 0.3 is 0 Å². The lowest BCUT2D eigenvalue weighted by molar-refractivity contribution is -0.384. The first-order valence-electron chi connectivity index (χ1n) is 9.62. The number of nitro benzene ring substituents is 1. The summed E-state index contributed by atoms with van der Waals surface area (Å²) in [7, 11) is 0. The van der Waals surface area contributed by atoms with E-state index in [4.69, 9.17) is 4.74 Å². The topological polar surface area (TPSA) is 88.8 Å². The van der Waals surface area contributed by atoms with Crippen LogP contribution in [0.2, 0.25) is 0 Å². The van der Waals surface area contributed by atoms with Crippen LogP contribution in [-0.4, -0.2) is 30.1 Å². The second-order valence-corrected chi connectivity index (χ2v) is 6.80. The number of ether oxygens (including phenoxy) is 1. The van der Waals surface area contributed by atoms with E-state index in [1.807, 2.05) is 30.3 Å². The van der Waals surface area contributed by atoms with Crippen molar-refractivity contribution in [3.63, 3.8) is 0 Å². The molecule has 1 unspecified atom stereocenters. The highest BCUT2D eigenvalue weighted by molar-refractivity contribution is 14.0. The highest BCUT2D eigenvalue weighted by atomic mass is 127. The molecule has 0 aliphatic carbocycles. The summed E-state index contributed by atoms with van der Waals surface area (Å²) in [5, 5.41) is 17.5. The fourth-order valence-corrected chi connectivity index (χ4v) is 3.03. The van der Waals surface area contributed by atoms with Gasteiger partial charge in [0, 0.05) is 31.8 Å². The Morgan fingerprint density at radius 1 is 1.07 bits per heavy atom. The molecule has 8 heteroatoms. The fraction of sp³-hybridized carbons (Fsp3) is 0.381. The van der Waals surface area contributed by atoms with Crippen LogP contribution in [0.5, 0.6) is 0 Å². The number of hydrogen-bond acceptors (Lipinski definition) is 4. The highest BCUT2D eigenvalue weighted by Gasteiger charge is 2.14. The van der Waals surface area contributed by atoms with E-state index in [2.05, 4.69) is 15.6 Å². The van der Waals surface area contributed by atoms with Gasteiger partial charge in [-0.2, -0.15) is 0 Å². The van der Waals surface area contributed by atoms with Crippen LogP contribution in [0.3, 0.4) is 0 Å². The van der Waals surface area contributed by atoms with E-state index < -0.39 is 4.92 Å². The van der Waals surface area contributed by atoms with Gasteiger partial charge in [0.1, 0.15) is 0 Å². The molecular weight excluding hydrogens is 483 g/mol. The highest BCUT2D eigenvalue weighted by Crippen LogP contribution is 2.13. The number of nitrogens with zero attached hydrogens (tertiary/aromatic N) is 2. The van der Waals surface area contributed by atoms with Crippen LogP contribution >= 0.6 is 24.0 Å². The Morgan fingerprint density at radius 2 is 1.83 bits per heavy atom. The lowest BCUT2D eigenvalue weighted by Gasteiger charge is -2.24. The minimum absolute atomic E-state index is 0. The summed E-state index contributed by atoms with van der Waals surface area (Å²) < 4.78 is 5.78. The summed E-state index contributed by atoms with van der Waals surface area (Å²) in [6, 6.07) is 16.6. The van der Waals surface area contributed by atoms with E-state index in [-0.39, 0.29) is 35.8 Å². The summed E-state index contributed by atoms with van der Waals surface area (Å²) >= 11 is 0. The molecule has 3 rings (SSSR count). The van der Waals surface area contributed by atoms with Gasteiger partial charge in [-0.05, 0) is 30.4 Å². The third kappa shape index (κ3) is 7.98. The van der Waals surface area contributed by atoms with E-state index in [1.54, 1.807) is 12.1 Å². The Balaban J connectivity index is 0.00000300. The van der Waals surface area contributed by atoms with Crippen molar-refractivity contribution in [3.8, 4) is 0 Å². The van der Waals surface area contributed by atoms with Gasteiger partial charge in [-0.25, -0.2) is 4.99 Å². The molecule has 0 saturated carbocycles. The molecule has 0 aromatic heterocycles. The quantitative estimate of drug-likeness (QED) is 0.193. The second kappa shape index (κ2) is 12.4. The van der Waals surface area contributed by atoms with Gasteiger partial charge in [0.15, 0.2) is 5.96 Å². The van der Waals surface area contributed by atoms with E-state index in [9.17, 15) is 10.1 Å². The third-order valence-corrected chi connectivity index (χ3v) is 4.64. The lowest BCUT2D eigenvalue weighted by atomic mass is 10.1. The molecule has 2 aromatic rings. The van der Waals surface area contributed by atoms with Crippen molar-refractivity contribution in [2.24, 2.45) is 4.99 Å². The number of hydrogen-bond donors (Lipinski definition) is 2. The van der Waals surface area contributed by atoms with Crippen LogP contribution < -0.4 is 10.6 Å². The maximum atomic E-state index is 10.8. The number of nitro groups is 1. The monoisotopic (exact) mass is 510 g/mol. The molecule has 29 heavy (non-hydrogen) atoms. The SMILES string of the molecule is I.O=[N+]([O-])c1ccc(CNC(=NCc2ccccc2)NCC2CCCCO2)cc1. The summed E-state index contributed by atoms with van der Waals surface area (Å²) in [4.78, 5) is 15.1. The van der Waals surface area contributed by atoms with E-state index in [0.29, 0.717) is 25.6 Å². The van der Waals surface area contributed by atoms with Gasteiger partial charge in [0.05, 0.1) is 17.6 Å². The van der Waals surface area contributed by atoms with E-state index in [0.717, 1.165) is 30.6 Å². The normalized spacial score (nSPS) is 16.6. The Bertz CT molecular complexity index is 778. The average molecular weight is 510 g/mol. The van der Waals surface area contributed by atoms with Gasteiger partial charge in [-0.1, -0.05) is 42.5 Å². The van der Waals surface area contributed by atoms with Crippen LogP contribution in [0.4, 0.5) is 5.69 Å². The number of aliphatic imine (C=N–C) groups is 1. The number of non-ortho nitro benzene ring substituents is 1. The van der Waals surface area contributed by atoms with Crippen LogP contribution in [0.25, 0.3) is 0 Å². The van der Waals surface area contributed by atoms with Gasteiger partial charge in [0.2, 0.25) is 0 Å². The van der Waals surface area contributed by atoms with Crippen LogP contribution in [0, 0.1) is 10.1 Å². The molecular formula is C21H27IN4O3. The van der Waals surface area contributed by atoms with Crippen molar-refractivity contribution >= 4 is 35.6 Å². The second-order valence-electron chi connectivity index (χ2n) is 6.80. The summed E-state index contributed by atoms with van der Waals surface area (Å²) in [5.74, 6) is 0.705. The first-order valence-corrected chi connectivity index (χ1v) is 9.62. The minimum atomic E-state index is -0.393. The number of guanidine groups is 1. The molecule has 0 amide bonds. The van der Waals surface area contributed by atoms with Gasteiger partial charge < -0.3 is 15.4 Å². The Morgan fingerprint density at radius 3 is 2.48 bits per heavy atom. The van der Waals surface area contributed by atoms with Crippen molar-refractivity contribution in [1.82, 2.24) is 10.6 Å². The molecule has 1 atom stereocenters. The predicted molar refractivity (Wildman–Crippen MR) is 125 cm³/mol. The van der Waals surface area contributed by atoms with E-state index in [1.165, 1.54) is 18.6 Å². The molecule has 1 aliphatic rings. The molecule has 0 bridgehead atoms. The fourth-order valence-electron chi connectivity index (χ4n) is 3.03. The summed E-state index contributed by atoms with van der Waals surface area (Å²) in [6.07, 6.45) is 3.58. The smallest absolute Gasteiger partial charge is 0.269 e. The molecule has 0 spiro atoms. The Labute approximate surface area is 188 Å². The minimum Gasteiger partial charge on any atom is -0.376 e. The lowest BCUT2D eigenvalue weighted by Crippen LogP contribution is -2.42. The van der Waals surface area contributed by atoms with Crippen molar-refractivity contribution in [2.75, 3.05) is 13.2 Å².